The highest BCUT2D eigenvalue weighted by Crippen LogP contribution is 2.24. The van der Waals surface area contributed by atoms with Crippen molar-refractivity contribution in [3.05, 3.63) is 59.8 Å². The average Bonchev–Trinajstić information content (AvgIpc) is 2.92. The van der Waals surface area contributed by atoms with Crippen molar-refractivity contribution >= 4 is 45.9 Å². The Labute approximate surface area is 138 Å². The predicted octanol–water partition coefficient (Wildman–Crippen LogP) is 4.66. The molecule has 3 nitrogen and oxygen atoms in total. The van der Waals surface area contributed by atoms with Gasteiger partial charge in [-0.1, -0.05) is 23.7 Å². The van der Waals surface area contributed by atoms with Crippen LogP contribution in [0.25, 0.3) is 10.9 Å². The molecule has 3 aromatic rings. The molecule has 0 aliphatic rings. The summed E-state index contributed by atoms with van der Waals surface area (Å²) >= 11 is 7.80. The number of anilines is 1. The van der Waals surface area contributed by atoms with E-state index in [0.717, 1.165) is 21.5 Å². The number of nitrogens with one attached hydrogen (secondary N) is 1. The quantitative estimate of drug-likeness (QED) is 0.706. The van der Waals surface area contributed by atoms with E-state index in [-0.39, 0.29) is 12.5 Å². The van der Waals surface area contributed by atoms with Crippen molar-refractivity contribution in [2.24, 2.45) is 0 Å². The maximum atomic E-state index is 12.2. The van der Waals surface area contributed by atoms with Crippen LogP contribution in [-0.2, 0) is 11.3 Å². The van der Waals surface area contributed by atoms with Crippen LogP contribution in [0.15, 0.2) is 59.6 Å². The van der Waals surface area contributed by atoms with Crippen LogP contribution in [0.1, 0.15) is 0 Å². The monoisotopic (exact) mass is 330 g/mol. The van der Waals surface area contributed by atoms with Crippen LogP contribution in [0.2, 0.25) is 5.02 Å². The first kappa shape index (κ1) is 15.0. The molecule has 0 radical (unpaired) electrons. The second-order valence-corrected chi connectivity index (χ2v) is 6.18. The zero-order valence-corrected chi connectivity index (χ0v) is 13.6. The van der Waals surface area contributed by atoms with Gasteiger partial charge in [0.2, 0.25) is 5.91 Å². The van der Waals surface area contributed by atoms with Crippen molar-refractivity contribution in [3.63, 3.8) is 0 Å². The molecule has 0 aliphatic heterocycles. The second kappa shape index (κ2) is 6.46. The maximum Gasteiger partial charge on any atom is 0.244 e. The lowest BCUT2D eigenvalue weighted by atomic mass is 10.2. The molecule has 1 aromatic heterocycles. The summed E-state index contributed by atoms with van der Waals surface area (Å²) in [5.74, 6) is -0.0595. The van der Waals surface area contributed by atoms with E-state index in [2.05, 4.69) is 5.32 Å². The number of halogens is 1. The van der Waals surface area contributed by atoms with Gasteiger partial charge < -0.3 is 9.88 Å². The third kappa shape index (κ3) is 3.13. The third-order valence-corrected chi connectivity index (χ3v) is 4.48. The number of fused-ring (bicyclic) bond motifs is 1. The molecule has 0 aliphatic carbocycles. The SMILES string of the molecule is CSc1cccc(NC(=O)Cn2ccc3c(Cl)cccc32)c1. The fraction of sp³-hybridized carbons (Fsp3) is 0.118. The molecule has 2 aromatic carbocycles. The van der Waals surface area contributed by atoms with E-state index >= 15 is 0 Å². The minimum Gasteiger partial charge on any atom is -0.338 e. The molecule has 1 heterocycles. The van der Waals surface area contributed by atoms with Crippen molar-refractivity contribution in [2.45, 2.75) is 11.4 Å². The van der Waals surface area contributed by atoms with Crippen molar-refractivity contribution < 1.29 is 4.79 Å². The van der Waals surface area contributed by atoms with Gasteiger partial charge in [-0.3, -0.25) is 4.79 Å². The number of aromatic nitrogens is 1. The molecular weight excluding hydrogens is 316 g/mol. The van der Waals surface area contributed by atoms with E-state index in [0.29, 0.717) is 5.02 Å². The number of nitrogens with zero attached hydrogens (tertiary/aromatic N) is 1. The minimum atomic E-state index is -0.0595. The summed E-state index contributed by atoms with van der Waals surface area (Å²) in [6.45, 7) is 0.257. The van der Waals surface area contributed by atoms with Crippen LogP contribution >= 0.6 is 23.4 Å². The summed E-state index contributed by atoms with van der Waals surface area (Å²) in [6.07, 6.45) is 3.89. The van der Waals surface area contributed by atoms with Gasteiger partial charge in [0.05, 0.1) is 0 Å². The molecule has 5 heteroatoms. The zero-order valence-electron chi connectivity index (χ0n) is 12.0. The molecule has 1 N–H and O–H groups in total. The van der Waals surface area contributed by atoms with Gasteiger partial charge in [-0.25, -0.2) is 0 Å². The van der Waals surface area contributed by atoms with Crippen molar-refractivity contribution in [1.82, 2.24) is 4.57 Å². The molecule has 0 unspecified atom stereocenters. The smallest absolute Gasteiger partial charge is 0.244 e. The second-order valence-electron chi connectivity index (χ2n) is 4.90. The average molecular weight is 331 g/mol. The largest absolute Gasteiger partial charge is 0.338 e. The Hall–Kier alpha value is -1.91. The van der Waals surface area contributed by atoms with Crippen LogP contribution < -0.4 is 5.32 Å². The number of thioether (sulfide) groups is 1. The third-order valence-electron chi connectivity index (χ3n) is 3.43. The number of carbonyl (C=O) groups excluding carboxylic acids is 1. The van der Waals surface area contributed by atoms with Crippen molar-refractivity contribution in [3.8, 4) is 0 Å². The Balaban J connectivity index is 1.77. The predicted molar refractivity (Wildman–Crippen MR) is 93.8 cm³/mol. The van der Waals surface area contributed by atoms with E-state index in [1.807, 2.05) is 65.6 Å². The number of rotatable bonds is 4. The highest BCUT2D eigenvalue weighted by Gasteiger charge is 2.08. The number of amides is 1. The highest BCUT2D eigenvalue weighted by atomic mass is 35.5. The normalized spacial score (nSPS) is 10.8. The molecule has 22 heavy (non-hydrogen) atoms. The van der Waals surface area contributed by atoms with E-state index in [1.165, 1.54) is 0 Å². The Morgan fingerprint density at radius 2 is 2.05 bits per heavy atom. The lowest BCUT2D eigenvalue weighted by Crippen LogP contribution is -2.18. The summed E-state index contributed by atoms with van der Waals surface area (Å²) in [4.78, 5) is 13.4. The summed E-state index contributed by atoms with van der Waals surface area (Å²) < 4.78 is 1.90. The molecule has 1 amide bonds. The first-order valence-corrected chi connectivity index (χ1v) is 8.45. The van der Waals surface area contributed by atoms with Crippen molar-refractivity contribution in [2.75, 3.05) is 11.6 Å². The molecular formula is C17H15ClN2OS. The Morgan fingerprint density at radius 1 is 1.23 bits per heavy atom. The lowest BCUT2D eigenvalue weighted by molar-refractivity contribution is -0.116. The van der Waals surface area contributed by atoms with Gasteiger partial charge in [0.25, 0.3) is 0 Å². The topological polar surface area (TPSA) is 34.0 Å². The summed E-state index contributed by atoms with van der Waals surface area (Å²) in [5.41, 5.74) is 1.77. The zero-order chi connectivity index (χ0) is 15.5. The number of hydrogen-bond acceptors (Lipinski definition) is 2. The van der Waals surface area contributed by atoms with Gasteiger partial charge in [-0.2, -0.15) is 0 Å². The maximum absolute atomic E-state index is 12.2. The Kier molecular flexibility index (Phi) is 4.41. The summed E-state index contributed by atoms with van der Waals surface area (Å²) in [5, 5.41) is 4.59. The van der Waals surface area contributed by atoms with Gasteiger partial charge in [0, 0.05) is 32.7 Å². The molecule has 0 saturated heterocycles. The first-order chi connectivity index (χ1) is 10.7. The Bertz CT molecular complexity index is 828. The number of hydrogen-bond donors (Lipinski definition) is 1. The fourth-order valence-electron chi connectivity index (χ4n) is 2.38. The molecule has 112 valence electrons. The molecule has 0 saturated carbocycles. The standard InChI is InChI=1S/C17H15ClN2OS/c1-22-13-5-2-4-12(10-13)19-17(21)11-20-9-8-14-15(18)6-3-7-16(14)20/h2-10H,11H2,1H3,(H,19,21). The van der Waals surface area contributed by atoms with E-state index < -0.39 is 0 Å². The van der Waals surface area contributed by atoms with Gasteiger partial charge in [-0.15, -0.1) is 11.8 Å². The summed E-state index contributed by atoms with van der Waals surface area (Å²) in [7, 11) is 0. The lowest BCUT2D eigenvalue weighted by Gasteiger charge is -2.08. The van der Waals surface area contributed by atoms with E-state index in [4.69, 9.17) is 11.6 Å². The van der Waals surface area contributed by atoms with Crippen LogP contribution in [0.3, 0.4) is 0 Å². The first-order valence-electron chi connectivity index (χ1n) is 6.84. The van der Waals surface area contributed by atoms with Gasteiger partial charge >= 0.3 is 0 Å². The molecule has 0 bridgehead atoms. The minimum absolute atomic E-state index is 0.0595. The van der Waals surface area contributed by atoms with Crippen LogP contribution in [-0.4, -0.2) is 16.7 Å². The van der Waals surface area contributed by atoms with E-state index in [1.54, 1.807) is 11.8 Å². The molecule has 0 fully saturated rings. The van der Waals surface area contributed by atoms with Crippen molar-refractivity contribution in [1.29, 1.82) is 0 Å². The van der Waals surface area contributed by atoms with Gasteiger partial charge in [-0.05, 0) is 42.7 Å². The number of benzene rings is 2. The molecule has 3 rings (SSSR count). The van der Waals surface area contributed by atoms with E-state index in [9.17, 15) is 4.79 Å². The number of carbonyl (C=O) groups is 1. The molecule has 0 spiro atoms. The van der Waals surface area contributed by atoms with Gasteiger partial charge in [0.15, 0.2) is 0 Å². The highest BCUT2D eigenvalue weighted by molar-refractivity contribution is 7.98. The Morgan fingerprint density at radius 3 is 2.86 bits per heavy atom. The molecule has 0 atom stereocenters. The van der Waals surface area contributed by atoms with Crippen LogP contribution in [0.4, 0.5) is 5.69 Å². The summed E-state index contributed by atoms with van der Waals surface area (Å²) in [6, 6.07) is 15.4. The van der Waals surface area contributed by atoms with Crippen LogP contribution in [0, 0.1) is 0 Å². The fourth-order valence-corrected chi connectivity index (χ4v) is 3.07. The van der Waals surface area contributed by atoms with Gasteiger partial charge in [0.1, 0.15) is 6.54 Å². The van der Waals surface area contributed by atoms with Crippen LogP contribution in [0.5, 0.6) is 0 Å².